The minimum absolute atomic E-state index is 0.140. The molecule has 0 bridgehead atoms. The predicted molar refractivity (Wildman–Crippen MR) is 147 cm³/mol. The second kappa shape index (κ2) is 13.8. The van der Waals surface area contributed by atoms with Crippen LogP contribution in [0.4, 0.5) is 22.2 Å². The Labute approximate surface area is 226 Å². The van der Waals surface area contributed by atoms with E-state index in [9.17, 15) is 9.59 Å². The number of hydrogen-bond donors (Lipinski definition) is 2. The molecule has 37 heavy (non-hydrogen) atoms. The molecule has 0 unspecified atom stereocenters. The van der Waals surface area contributed by atoms with Crippen LogP contribution < -0.4 is 20.3 Å². The van der Waals surface area contributed by atoms with E-state index in [1.54, 1.807) is 42.5 Å². The zero-order valence-corrected chi connectivity index (χ0v) is 22.5. The summed E-state index contributed by atoms with van der Waals surface area (Å²) in [5.41, 5.74) is 1.15. The summed E-state index contributed by atoms with van der Waals surface area (Å²) in [6.45, 7) is 7.78. The van der Waals surface area contributed by atoms with Crippen molar-refractivity contribution in [3.63, 3.8) is 0 Å². The lowest BCUT2D eigenvalue weighted by Gasteiger charge is -2.17. The fourth-order valence-corrected chi connectivity index (χ4v) is 3.74. The van der Waals surface area contributed by atoms with Crippen molar-refractivity contribution in [1.29, 1.82) is 0 Å². The predicted octanol–water partition coefficient (Wildman–Crippen LogP) is 5.62. The average Bonchev–Trinajstić information content (AvgIpc) is 2.90. The maximum atomic E-state index is 12.6. The van der Waals surface area contributed by atoms with Crippen molar-refractivity contribution in [3.05, 3.63) is 70.3 Å². The lowest BCUT2D eigenvalue weighted by atomic mass is 10.2. The first kappa shape index (κ1) is 28.2. The van der Waals surface area contributed by atoms with E-state index in [-0.39, 0.29) is 22.6 Å². The van der Waals surface area contributed by atoms with Crippen molar-refractivity contribution >= 4 is 52.7 Å². The van der Waals surface area contributed by atoms with E-state index < -0.39 is 6.09 Å². The molecule has 9 nitrogen and oxygen atoms in total. The minimum Gasteiger partial charge on any atom is -0.408 e. The quantitative estimate of drug-likeness (QED) is 0.302. The lowest BCUT2D eigenvalue weighted by Crippen LogP contribution is -2.30. The second-order valence-corrected chi connectivity index (χ2v) is 8.93. The van der Waals surface area contributed by atoms with Crippen molar-refractivity contribution in [2.24, 2.45) is 0 Å². The van der Waals surface area contributed by atoms with Crippen molar-refractivity contribution in [3.8, 4) is 5.75 Å². The molecule has 0 aliphatic rings. The molecular weight excluding hydrogens is 515 g/mol. The molecule has 0 aliphatic carbocycles. The SMILES string of the molecule is CCN(CC)CCCNC(=O)c1cccc(Nc2nccc(N(C)C(=O)Oc3cc(Cl)ccc3Cl)n2)c1. The first-order chi connectivity index (χ1) is 17.8. The Morgan fingerprint density at radius 1 is 1.05 bits per heavy atom. The monoisotopic (exact) mass is 544 g/mol. The number of aromatic nitrogens is 2. The average molecular weight is 545 g/mol. The molecule has 2 N–H and O–H groups in total. The summed E-state index contributed by atoms with van der Waals surface area (Å²) in [5, 5.41) is 6.67. The highest BCUT2D eigenvalue weighted by molar-refractivity contribution is 6.34. The van der Waals surface area contributed by atoms with Crippen LogP contribution in [0.2, 0.25) is 10.0 Å². The Bertz CT molecular complexity index is 1220. The molecule has 0 saturated heterocycles. The Kier molecular flexibility index (Phi) is 10.5. The summed E-state index contributed by atoms with van der Waals surface area (Å²) >= 11 is 12.0. The van der Waals surface area contributed by atoms with Gasteiger partial charge in [0.1, 0.15) is 5.82 Å². The van der Waals surface area contributed by atoms with Gasteiger partial charge in [0.25, 0.3) is 5.91 Å². The van der Waals surface area contributed by atoms with Gasteiger partial charge in [0.2, 0.25) is 5.95 Å². The molecule has 11 heteroatoms. The Morgan fingerprint density at radius 3 is 2.59 bits per heavy atom. The maximum absolute atomic E-state index is 12.6. The normalized spacial score (nSPS) is 10.8. The van der Waals surface area contributed by atoms with Crippen LogP contribution in [0.25, 0.3) is 0 Å². The third-order valence-corrected chi connectivity index (χ3v) is 6.11. The molecule has 0 atom stereocenters. The number of rotatable bonds is 11. The number of anilines is 3. The number of halogens is 2. The van der Waals surface area contributed by atoms with E-state index in [1.165, 1.54) is 24.2 Å². The third kappa shape index (κ3) is 8.31. The van der Waals surface area contributed by atoms with Crippen LogP contribution in [-0.4, -0.2) is 60.1 Å². The lowest BCUT2D eigenvalue weighted by molar-refractivity contribution is 0.0952. The molecular formula is C26H30Cl2N6O3. The number of nitrogens with one attached hydrogen (secondary N) is 2. The smallest absolute Gasteiger partial charge is 0.408 e. The van der Waals surface area contributed by atoms with Gasteiger partial charge in [-0.2, -0.15) is 4.98 Å². The van der Waals surface area contributed by atoms with Gasteiger partial charge in [0.05, 0.1) is 5.02 Å². The van der Waals surface area contributed by atoms with Crippen molar-refractivity contribution in [1.82, 2.24) is 20.2 Å². The Balaban J connectivity index is 1.61. The molecule has 0 saturated carbocycles. The topological polar surface area (TPSA) is 99.7 Å². The van der Waals surface area contributed by atoms with E-state index in [0.717, 1.165) is 26.1 Å². The number of nitrogens with zero attached hydrogens (tertiary/aromatic N) is 4. The molecule has 0 radical (unpaired) electrons. The van der Waals surface area contributed by atoms with E-state index in [1.807, 2.05) is 0 Å². The Morgan fingerprint density at radius 2 is 1.84 bits per heavy atom. The molecule has 1 aromatic heterocycles. The summed E-state index contributed by atoms with van der Waals surface area (Å²) in [6.07, 6.45) is 1.69. The fourth-order valence-electron chi connectivity index (χ4n) is 3.42. The van der Waals surface area contributed by atoms with Crippen LogP contribution in [0.3, 0.4) is 0 Å². The van der Waals surface area contributed by atoms with Crippen LogP contribution >= 0.6 is 23.2 Å². The highest BCUT2D eigenvalue weighted by Gasteiger charge is 2.17. The summed E-state index contributed by atoms with van der Waals surface area (Å²) in [6, 6.07) is 13.2. The van der Waals surface area contributed by atoms with Gasteiger partial charge in [-0.3, -0.25) is 9.69 Å². The molecule has 0 spiro atoms. The molecule has 2 amide bonds. The van der Waals surface area contributed by atoms with Crippen LogP contribution in [-0.2, 0) is 0 Å². The van der Waals surface area contributed by atoms with E-state index in [4.69, 9.17) is 27.9 Å². The second-order valence-electron chi connectivity index (χ2n) is 8.08. The van der Waals surface area contributed by atoms with Gasteiger partial charge in [0.15, 0.2) is 5.75 Å². The molecule has 0 fully saturated rings. The summed E-state index contributed by atoms with van der Waals surface area (Å²) in [7, 11) is 1.51. The standard InChI is InChI=1S/C26H30Cl2N6O3/c1-4-34(5-2)15-7-13-29-24(35)18-8-6-9-20(16-18)31-25-30-14-12-23(32-25)33(3)26(36)37-22-17-19(27)10-11-21(22)28/h6,8-12,14,16-17H,4-5,7,13,15H2,1-3H3,(H,29,35)(H,30,31,32). The molecule has 196 valence electrons. The Hall–Kier alpha value is -3.40. The number of amides is 2. The zero-order valence-electron chi connectivity index (χ0n) is 21.0. The van der Waals surface area contributed by atoms with Gasteiger partial charge < -0.3 is 20.3 Å². The van der Waals surface area contributed by atoms with E-state index >= 15 is 0 Å². The molecule has 0 aliphatic heterocycles. The fraction of sp³-hybridized carbons (Fsp3) is 0.308. The number of ether oxygens (including phenoxy) is 1. The van der Waals surface area contributed by atoms with Gasteiger partial charge in [0, 0.05) is 42.1 Å². The number of carbonyl (C=O) groups excluding carboxylic acids is 2. The van der Waals surface area contributed by atoms with Crippen molar-refractivity contribution < 1.29 is 14.3 Å². The maximum Gasteiger partial charge on any atom is 0.420 e. The van der Waals surface area contributed by atoms with Gasteiger partial charge >= 0.3 is 6.09 Å². The largest absolute Gasteiger partial charge is 0.420 e. The van der Waals surface area contributed by atoms with Gasteiger partial charge in [-0.15, -0.1) is 0 Å². The first-order valence-electron chi connectivity index (χ1n) is 11.9. The highest BCUT2D eigenvalue weighted by atomic mass is 35.5. The van der Waals surface area contributed by atoms with E-state index in [2.05, 4.69) is 39.3 Å². The van der Waals surface area contributed by atoms with Crippen LogP contribution in [0.1, 0.15) is 30.6 Å². The van der Waals surface area contributed by atoms with Gasteiger partial charge in [-0.05, 0) is 62.5 Å². The van der Waals surface area contributed by atoms with E-state index in [0.29, 0.717) is 28.6 Å². The summed E-state index contributed by atoms with van der Waals surface area (Å²) in [4.78, 5) is 37.3. The number of hydrogen-bond acceptors (Lipinski definition) is 7. The molecule has 1 heterocycles. The number of carbonyl (C=O) groups is 2. The molecule has 3 aromatic rings. The highest BCUT2D eigenvalue weighted by Crippen LogP contribution is 2.28. The molecule has 2 aromatic carbocycles. The summed E-state index contributed by atoms with van der Waals surface area (Å²) in [5.74, 6) is 0.527. The summed E-state index contributed by atoms with van der Waals surface area (Å²) < 4.78 is 5.35. The van der Waals surface area contributed by atoms with Crippen LogP contribution in [0, 0.1) is 0 Å². The first-order valence-corrected chi connectivity index (χ1v) is 12.7. The molecule has 3 rings (SSSR count). The third-order valence-electron chi connectivity index (χ3n) is 5.56. The minimum atomic E-state index is -0.700. The van der Waals surface area contributed by atoms with Gasteiger partial charge in [-0.1, -0.05) is 43.1 Å². The van der Waals surface area contributed by atoms with Gasteiger partial charge in [-0.25, -0.2) is 9.78 Å². The zero-order chi connectivity index (χ0) is 26.8. The van der Waals surface area contributed by atoms with Crippen LogP contribution in [0.15, 0.2) is 54.7 Å². The van der Waals surface area contributed by atoms with Crippen LogP contribution in [0.5, 0.6) is 5.75 Å². The van der Waals surface area contributed by atoms with Crippen molar-refractivity contribution in [2.45, 2.75) is 20.3 Å². The number of benzene rings is 2. The van der Waals surface area contributed by atoms with Crippen molar-refractivity contribution in [2.75, 3.05) is 43.4 Å².